The van der Waals surface area contributed by atoms with Crippen LogP contribution in [0, 0.1) is 0 Å². The molecule has 0 radical (unpaired) electrons. The number of benzene rings is 4. The molecule has 1 saturated heterocycles. The molecule has 14 heteroatoms. The van der Waals surface area contributed by atoms with Gasteiger partial charge in [0.25, 0.3) is 5.91 Å². The first kappa shape index (κ1) is 42.6. The summed E-state index contributed by atoms with van der Waals surface area (Å²) in [6.45, 7) is 10.4. The summed E-state index contributed by atoms with van der Waals surface area (Å²) in [5.41, 5.74) is 5.70. The van der Waals surface area contributed by atoms with Crippen LogP contribution in [0.15, 0.2) is 132 Å². The smallest absolute Gasteiger partial charge is 0.412 e. The van der Waals surface area contributed by atoms with Gasteiger partial charge >= 0.3 is 6.09 Å². The Labute approximate surface area is 370 Å². The number of carbonyl (C=O) groups excluding carboxylic acids is 2. The molecule has 0 spiro atoms. The molecule has 3 aromatic heterocycles. The molecule has 320 valence electrons. The van der Waals surface area contributed by atoms with Gasteiger partial charge in [0.05, 0.1) is 29.2 Å². The van der Waals surface area contributed by atoms with E-state index in [9.17, 15) is 19.5 Å². The van der Waals surface area contributed by atoms with Crippen molar-refractivity contribution in [1.29, 1.82) is 0 Å². The van der Waals surface area contributed by atoms with E-state index in [4.69, 9.17) is 9.97 Å². The number of aromatic nitrogens is 5. The molecule has 0 saturated carbocycles. The van der Waals surface area contributed by atoms with E-state index in [1.807, 2.05) is 117 Å². The zero-order valence-corrected chi connectivity index (χ0v) is 36.6. The van der Waals surface area contributed by atoms with Crippen molar-refractivity contribution in [2.75, 3.05) is 22.1 Å². The van der Waals surface area contributed by atoms with Gasteiger partial charge in [0.1, 0.15) is 18.0 Å². The van der Waals surface area contributed by atoms with E-state index < -0.39 is 11.6 Å². The predicted octanol–water partition coefficient (Wildman–Crippen LogP) is 10.9. The molecule has 0 bridgehead atoms. The number of hydrogen-bond acceptors (Lipinski definition) is 9. The molecule has 13 nitrogen and oxygen atoms in total. The van der Waals surface area contributed by atoms with Gasteiger partial charge in [-0.2, -0.15) is 0 Å². The zero-order valence-electron chi connectivity index (χ0n) is 35.8. The predicted molar refractivity (Wildman–Crippen MR) is 248 cm³/mol. The molecule has 1 aliphatic heterocycles. The summed E-state index contributed by atoms with van der Waals surface area (Å²) in [6.07, 6.45) is 4.43. The number of nitrogens with zero attached hydrogens (tertiary/aromatic N) is 6. The van der Waals surface area contributed by atoms with Crippen LogP contribution in [0.3, 0.4) is 0 Å². The minimum atomic E-state index is -1.03. The quantitative estimate of drug-likeness (QED) is 0.0927. The summed E-state index contributed by atoms with van der Waals surface area (Å²) >= 11 is 1.47. The van der Waals surface area contributed by atoms with Crippen LogP contribution < -0.4 is 15.5 Å². The van der Waals surface area contributed by atoms with Gasteiger partial charge < -0.3 is 25.6 Å². The van der Waals surface area contributed by atoms with Gasteiger partial charge in [-0.15, -0.1) is 0 Å². The second-order valence-corrected chi connectivity index (χ2v) is 17.9. The SMILES string of the molecule is CC(C)c1ccc2c(Nc3cc(C(=O)Nc4ccc(-c5c[nH]c([C@@H]6CCCN6C(=O)Cc6ccccc6)n5)cc4)ccc3Sc3ccc(N(C(=O)O)C(C)(C)C)cc3)ncnc2n1. The van der Waals surface area contributed by atoms with Crippen molar-refractivity contribution in [2.24, 2.45) is 0 Å². The van der Waals surface area contributed by atoms with Crippen LogP contribution in [0.4, 0.5) is 27.7 Å². The number of H-pyrrole nitrogens is 1. The highest BCUT2D eigenvalue weighted by Crippen LogP contribution is 2.38. The summed E-state index contributed by atoms with van der Waals surface area (Å²) in [6, 6.07) is 33.9. The Bertz CT molecular complexity index is 2770. The lowest BCUT2D eigenvalue weighted by molar-refractivity contribution is -0.131. The Hall–Kier alpha value is -7.06. The van der Waals surface area contributed by atoms with E-state index in [2.05, 4.69) is 39.4 Å². The van der Waals surface area contributed by atoms with Crippen LogP contribution in [-0.4, -0.2) is 64.9 Å². The number of nitrogens with one attached hydrogen (secondary N) is 3. The van der Waals surface area contributed by atoms with Gasteiger partial charge in [-0.25, -0.2) is 24.7 Å². The van der Waals surface area contributed by atoms with E-state index in [1.165, 1.54) is 23.0 Å². The molecule has 1 aliphatic rings. The fourth-order valence-corrected chi connectivity index (χ4v) is 8.63. The van der Waals surface area contributed by atoms with E-state index in [-0.39, 0.29) is 23.8 Å². The van der Waals surface area contributed by atoms with Crippen LogP contribution in [0.2, 0.25) is 0 Å². The Morgan fingerprint density at radius 2 is 1.68 bits per heavy atom. The summed E-state index contributed by atoms with van der Waals surface area (Å²) < 4.78 is 0. The van der Waals surface area contributed by atoms with Crippen LogP contribution in [0.5, 0.6) is 0 Å². The molecule has 0 aliphatic carbocycles. The van der Waals surface area contributed by atoms with Crippen molar-refractivity contribution < 1.29 is 19.5 Å². The largest absolute Gasteiger partial charge is 0.465 e. The van der Waals surface area contributed by atoms with Gasteiger partial charge in [0, 0.05) is 56.3 Å². The Balaban J connectivity index is 1.01. The van der Waals surface area contributed by atoms with Crippen LogP contribution in [0.1, 0.15) is 86.9 Å². The summed E-state index contributed by atoms with van der Waals surface area (Å²) in [4.78, 5) is 66.2. The first-order chi connectivity index (χ1) is 30.3. The van der Waals surface area contributed by atoms with E-state index >= 15 is 0 Å². The number of fused-ring (bicyclic) bond motifs is 1. The number of carbonyl (C=O) groups is 3. The molecule has 4 heterocycles. The second kappa shape index (κ2) is 18.1. The Morgan fingerprint density at radius 3 is 2.40 bits per heavy atom. The lowest BCUT2D eigenvalue weighted by Gasteiger charge is -2.33. The summed E-state index contributed by atoms with van der Waals surface area (Å²) in [7, 11) is 0. The lowest BCUT2D eigenvalue weighted by atomic mass is 10.1. The van der Waals surface area contributed by atoms with Gasteiger partial charge in [0.2, 0.25) is 5.91 Å². The maximum Gasteiger partial charge on any atom is 0.412 e. The van der Waals surface area contributed by atoms with Crippen LogP contribution in [0.25, 0.3) is 22.3 Å². The number of amides is 3. The second-order valence-electron chi connectivity index (χ2n) is 16.8. The Kier molecular flexibility index (Phi) is 12.3. The number of anilines is 4. The van der Waals surface area contributed by atoms with Gasteiger partial charge in [0.15, 0.2) is 5.65 Å². The number of aromatic amines is 1. The van der Waals surface area contributed by atoms with Crippen molar-refractivity contribution in [2.45, 2.75) is 81.2 Å². The van der Waals surface area contributed by atoms with Crippen molar-refractivity contribution in [3.05, 3.63) is 144 Å². The molecule has 4 aromatic carbocycles. The first-order valence-electron chi connectivity index (χ1n) is 20.9. The number of pyridine rings is 1. The molecule has 1 atom stereocenters. The molecule has 0 unspecified atom stereocenters. The van der Waals surface area contributed by atoms with Crippen LogP contribution in [-0.2, 0) is 11.2 Å². The minimum Gasteiger partial charge on any atom is -0.465 e. The molecule has 7 aromatic rings. The standard InChI is InChI=1S/C49H49N9O4S/c1-30(2)38-23-22-37-44(54-38)51-29-52-45(37)55-39-27-33(15-24-42(39)63-36-20-18-35(19-21-36)58(48(61)62)49(3,4)5)47(60)53-34-16-13-32(14-17-34)40-28-50-46(56-40)41-12-9-25-57(41)43(59)26-31-10-7-6-8-11-31/h6-8,10-11,13-24,27-30,41H,9,12,25-26H2,1-5H3,(H,50,56)(H,53,60)(H,61,62)(H,51,52,54,55)/t41-/m0/s1. The molecule has 4 N–H and O–H groups in total. The average molecular weight is 860 g/mol. The molecule has 1 fully saturated rings. The highest BCUT2D eigenvalue weighted by Gasteiger charge is 2.32. The number of carboxylic acid groups (broad SMARTS) is 1. The fraction of sp³-hybridized carbons (Fsp3) is 0.245. The van der Waals surface area contributed by atoms with Crippen molar-refractivity contribution in [1.82, 2.24) is 29.8 Å². The van der Waals surface area contributed by atoms with Gasteiger partial charge in [-0.1, -0.05) is 68.1 Å². The first-order valence-corrected chi connectivity index (χ1v) is 21.8. The lowest BCUT2D eigenvalue weighted by Crippen LogP contribution is -2.45. The van der Waals surface area contributed by atoms with Crippen LogP contribution >= 0.6 is 11.8 Å². The molecule has 8 rings (SSSR count). The van der Waals surface area contributed by atoms with E-state index in [1.54, 1.807) is 24.3 Å². The normalized spacial score (nSPS) is 13.9. The van der Waals surface area contributed by atoms with Crippen molar-refractivity contribution in [3.63, 3.8) is 0 Å². The maximum atomic E-state index is 13.9. The van der Waals surface area contributed by atoms with Crippen molar-refractivity contribution in [3.8, 4) is 11.3 Å². The highest BCUT2D eigenvalue weighted by atomic mass is 32.2. The average Bonchev–Trinajstić information content (AvgIpc) is 3.96. The number of imidazole rings is 1. The Morgan fingerprint density at radius 1 is 0.921 bits per heavy atom. The van der Waals surface area contributed by atoms with E-state index in [0.717, 1.165) is 56.4 Å². The summed E-state index contributed by atoms with van der Waals surface area (Å²) in [5.74, 6) is 1.32. The minimum absolute atomic E-state index is 0.0928. The molecular formula is C49H49N9O4S. The van der Waals surface area contributed by atoms with E-state index in [0.29, 0.717) is 47.1 Å². The molecule has 3 amide bonds. The summed E-state index contributed by atoms with van der Waals surface area (Å²) in [5, 5.41) is 17.2. The monoisotopic (exact) mass is 859 g/mol. The van der Waals surface area contributed by atoms with Crippen molar-refractivity contribution >= 4 is 63.6 Å². The maximum absolute atomic E-state index is 13.9. The van der Waals surface area contributed by atoms with Gasteiger partial charge in [-0.05, 0) is 112 Å². The molecule has 63 heavy (non-hydrogen) atoms. The number of hydrogen-bond donors (Lipinski definition) is 4. The fourth-order valence-electron chi connectivity index (χ4n) is 7.74. The number of rotatable bonds is 12. The third kappa shape index (κ3) is 9.71. The molecular weight excluding hydrogens is 811 g/mol. The highest BCUT2D eigenvalue weighted by molar-refractivity contribution is 7.99. The third-order valence-electron chi connectivity index (χ3n) is 10.9. The zero-order chi connectivity index (χ0) is 44.3. The number of likely N-dealkylation sites (tertiary alicyclic amines) is 1. The topological polar surface area (TPSA) is 169 Å². The third-order valence-corrected chi connectivity index (χ3v) is 12.0. The van der Waals surface area contributed by atoms with Gasteiger partial charge in [-0.3, -0.25) is 14.5 Å².